The first kappa shape index (κ1) is 22.2. The highest BCUT2D eigenvalue weighted by Gasteiger charge is 2.30. The van der Waals surface area contributed by atoms with Crippen LogP contribution in [0, 0.1) is 5.82 Å². The normalized spacial score (nSPS) is 15.2. The van der Waals surface area contributed by atoms with Gasteiger partial charge in [0.2, 0.25) is 5.91 Å². The highest BCUT2D eigenvalue weighted by molar-refractivity contribution is 7.18. The van der Waals surface area contributed by atoms with Crippen LogP contribution >= 0.6 is 11.3 Å². The van der Waals surface area contributed by atoms with E-state index in [1.54, 1.807) is 18.3 Å². The van der Waals surface area contributed by atoms with Gasteiger partial charge in [-0.3, -0.25) is 4.79 Å². The fourth-order valence-electron chi connectivity index (χ4n) is 3.54. The fourth-order valence-corrected chi connectivity index (χ4v) is 4.38. The van der Waals surface area contributed by atoms with Crippen LogP contribution in [0.3, 0.4) is 0 Å². The maximum absolute atomic E-state index is 14.8. The van der Waals surface area contributed by atoms with Crippen LogP contribution in [0.15, 0.2) is 42.6 Å². The van der Waals surface area contributed by atoms with Crippen molar-refractivity contribution in [2.75, 3.05) is 17.2 Å². The van der Waals surface area contributed by atoms with Crippen molar-refractivity contribution in [3.05, 3.63) is 65.1 Å². The second-order valence-corrected chi connectivity index (χ2v) is 8.69. The van der Waals surface area contributed by atoms with Crippen LogP contribution in [-0.2, 0) is 17.4 Å². The average Bonchev–Trinajstić information content (AvgIpc) is 3.37. The summed E-state index contributed by atoms with van der Waals surface area (Å²) < 4.78 is 53.0. The minimum Gasteiger partial charge on any atom is -0.360 e. The van der Waals surface area contributed by atoms with Crippen molar-refractivity contribution in [1.82, 2.24) is 4.98 Å². The van der Waals surface area contributed by atoms with Gasteiger partial charge < -0.3 is 16.4 Å². The number of aromatic nitrogens is 1. The number of thiazole rings is 1. The van der Waals surface area contributed by atoms with Crippen molar-refractivity contribution in [3.63, 3.8) is 0 Å². The van der Waals surface area contributed by atoms with Crippen LogP contribution in [0.4, 0.5) is 28.4 Å². The number of amides is 1. The van der Waals surface area contributed by atoms with E-state index in [-0.39, 0.29) is 24.3 Å². The molecule has 4 N–H and O–H groups in total. The number of fused-ring (bicyclic) bond motifs is 1. The van der Waals surface area contributed by atoms with E-state index in [1.807, 2.05) is 6.92 Å². The summed E-state index contributed by atoms with van der Waals surface area (Å²) >= 11 is 1.25. The Kier molecular flexibility index (Phi) is 5.91. The van der Waals surface area contributed by atoms with Gasteiger partial charge in [0, 0.05) is 35.6 Å². The van der Waals surface area contributed by atoms with Gasteiger partial charge in [0.25, 0.3) is 0 Å². The Morgan fingerprint density at radius 2 is 1.94 bits per heavy atom. The van der Waals surface area contributed by atoms with Gasteiger partial charge in [0.1, 0.15) is 5.82 Å². The number of alkyl halides is 3. The van der Waals surface area contributed by atoms with E-state index in [2.05, 4.69) is 15.6 Å². The molecule has 2 heterocycles. The molecule has 0 aliphatic carbocycles. The van der Waals surface area contributed by atoms with Gasteiger partial charge in [-0.15, -0.1) is 0 Å². The smallest absolute Gasteiger partial charge is 0.360 e. The van der Waals surface area contributed by atoms with Gasteiger partial charge >= 0.3 is 6.18 Å². The summed E-state index contributed by atoms with van der Waals surface area (Å²) in [5.74, 6) is -0.869. The lowest BCUT2D eigenvalue weighted by Gasteiger charge is -2.21. The second kappa shape index (κ2) is 8.51. The lowest BCUT2D eigenvalue weighted by Crippen LogP contribution is -2.34. The number of hydrogen-bond acceptors (Lipinski definition) is 5. The monoisotopic (exact) mass is 464 g/mol. The highest BCUT2D eigenvalue weighted by atomic mass is 32.1. The number of halogens is 4. The molecule has 4 rings (SSSR count). The Labute approximate surface area is 185 Å². The summed E-state index contributed by atoms with van der Waals surface area (Å²) in [5, 5.41) is 6.27. The molecule has 0 fully saturated rings. The standard InChI is InChI=1S/C22H20F4N4OS/c1-11(12-2-4-13(5-3-12)22(24,25)26)16(27)9-28-21-29-10-18(32-21)14-6-7-17-15(20(14)23)8-19(31)30-17/h2-7,10-11,16H,8-9,27H2,1H3,(H,28,29)(H,30,31)/t11-,16-/m0/s1. The molecule has 0 saturated carbocycles. The SMILES string of the molecule is C[C@@H](c1ccc(C(F)(F)F)cc1)[C@@H](N)CNc1ncc(-c2ccc3c(c2F)CC(=O)N3)s1. The van der Waals surface area contributed by atoms with Crippen LogP contribution in [0.25, 0.3) is 10.4 Å². The average molecular weight is 464 g/mol. The zero-order valence-corrected chi connectivity index (χ0v) is 17.8. The molecule has 1 aliphatic rings. The second-order valence-electron chi connectivity index (χ2n) is 7.66. The molecule has 2 aromatic carbocycles. The molecule has 0 spiro atoms. The minimum absolute atomic E-state index is 0.00953. The van der Waals surface area contributed by atoms with Gasteiger partial charge in [0.05, 0.1) is 16.9 Å². The lowest BCUT2D eigenvalue weighted by atomic mass is 9.93. The first-order valence-corrected chi connectivity index (χ1v) is 10.7. The van der Waals surface area contributed by atoms with E-state index in [9.17, 15) is 22.4 Å². The van der Waals surface area contributed by atoms with E-state index in [1.165, 1.54) is 23.5 Å². The minimum atomic E-state index is -4.38. The van der Waals surface area contributed by atoms with Gasteiger partial charge in [-0.25, -0.2) is 9.37 Å². The Balaban J connectivity index is 1.40. The number of hydrogen-bond donors (Lipinski definition) is 3. The van der Waals surface area contributed by atoms with Crippen molar-refractivity contribution < 1.29 is 22.4 Å². The number of nitrogens with one attached hydrogen (secondary N) is 2. The van der Waals surface area contributed by atoms with E-state index in [0.29, 0.717) is 38.9 Å². The summed E-state index contributed by atoms with van der Waals surface area (Å²) in [6.45, 7) is 2.18. The van der Waals surface area contributed by atoms with Gasteiger partial charge in [-0.2, -0.15) is 13.2 Å². The van der Waals surface area contributed by atoms with Crippen molar-refractivity contribution in [3.8, 4) is 10.4 Å². The summed E-state index contributed by atoms with van der Waals surface area (Å²) in [4.78, 5) is 16.4. The maximum atomic E-state index is 14.8. The highest BCUT2D eigenvalue weighted by Crippen LogP contribution is 2.36. The van der Waals surface area contributed by atoms with E-state index < -0.39 is 17.6 Å². The summed E-state index contributed by atoms with van der Waals surface area (Å²) in [6.07, 6.45) is -2.82. The molecular weight excluding hydrogens is 444 g/mol. The molecule has 10 heteroatoms. The van der Waals surface area contributed by atoms with Crippen LogP contribution < -0.4 is 16.4 Å². The Morgan fingerprint density at radius 1 is 1.22 bits per heavy atom. The van der Waals surface area contributed by atoms with Gasteiger partial charge in [-0.05, 0) is 35.7 Å². The first-order chi connectivity index (χ1) is 15.1. The summed E-state index contributed by atoms with van der Waals surface area (Å²) in [5.41, 5.74) is 7.44. The van der Waals surface area contributed by atoms with Gasteiger partial charge in [-0.1, -0.05) is 30.4 Å². The molecule has 5 nitrogen and oxygen atoms in total. The number of carbonyl (C=O) groups is 1. The molecule has 1 amide bonds. The predicted molar refractivity (Wildman–Crippen MR) is 116 cm³/mol. The maximum Gasteiger partial charge on any atom is 0.416 e. The molecule has 0 radical (unpaired) electrons. The molecule has 0 unspecified atom stereocenters. The van der Waals surface area contributed by atoms with Crippen LogP contribution in [-0.4, -0.2) is 23.5 Å². The van der Waals surface area contributed by atoms with Gasteiger partial charge in [0.15, 0.2) is 5.13 Å². The van der Waals surface area contributed by atoms with E-state index in [4.69, 9.17) is 5.73 Å². The number of carbonyl (C=O) groups excluding carboxylic acids is 1. The third-order valence-electron chi connectivity index (χ3n) is 5.52. The first-order valence-electron chi connectivity index (χ1n) is 9.87. The van der Waals surface area contributed by atoms with E-state index in [0.717, 1.165) is 12.1 Å². The quantitative estimate of drug-likeness (QED) is 0.449. The molecule has 1 aromatic heterocycles. The molecule has 3 aromatic rings. The number of anilines is 2. The third-order valence-corrected chi connectivity index (χ3v) is 6.51. The molecular formula is C22H20F4N4OS. The molecule has 2 atom stereocenters. The topological polar surface area (TPSA) is 80.0 Å². The number of nitrogens with two attached hydrogens (primary N) is 1. The third kappa shape index (κ3) is 4.46. The van der Waals surface area contributed by atoms with E-state index >= 15 is 0 Å². The van der Waals surface area contributed by atoms with Crippen molar-refractivity contribution >= 4 is 28.1 Å². The van der Waals surface area contributed by atoms with Crippen molar-refractivity contribution in [2.45, 2.75) is 31.5 Å². The summed E-state index contributed by atoms with van der Waals surface area (Å²) in [6, 6.07) is 7.87. The van der Waals surface area contributed by atoms with Crippen LogP contribution in [0.5, 0.6) is 0 Å². The van der Waals surface area contributed by atoms with Crippen LogP contribution in [0.2, 0.25) is 0 Å². The largest absolute Gasteiger partial charge is 0.416 e. The summed E-state index contributed by atoms with van der Waals surface area (Å²) in [7, 11) is 0. The Hall–Kier alpha value is -2.98. The Morgan fingerprint density at radius 3 is 2.62 bits per heavy atom. The molecule has 32 heavy (non-hydrogen) atoms. The Bertz CT molecular complexity index is 1140. The fraction of sp³-hybridized carbons (Fsp3) is 0.273. The molecule has 168 valence electrons. The van der Waals surface area contributed by atoms with Crippen molar-refractivity contribution in [2.24, 2.45) is 5.73 Å². The predicted octanol–water partition coefficient (Wildman–Crippen LogP) is 5.01. The number of rotatable bonds is 6. The van der Waals surface area contributed by atoms with Crippen molar-refractivity contribution in [1.29, 1.82) is 0 Å². The van der Waals surface area contributed by atoms with Crippen LogP contribution in [0.1, 0.15) is 29.5 Å². The lowest BCUT2D eigenvalue weighted by molar-refractivity contribution is -0.137. The molecule has 1 aliphatic heterocycles. The molecule has 0 saturated heterocycles. The molecule has 0 bridgehead atoms. The number of benzene rings is 2. The number of nitrogens with zero attached hydrogens (tertiary/aromatic N) is 1. The zero-order chi connectivity index (χ0) is 23.0. The zero-order valence-electron chi connectivity index (χ0n) is 17.0.